The molecule has 0 amide bonds. The molecule has 59 heavy (non-hydrogen) atoms. The van der Waals surface area contributed by atoms with Crippen LogP contribution in [-0.2, 0) is 45.7 Å². The monoisotopic (exact) mass is 803 g/mol. The molecule has 6 nitrogen and oxygen atoms in total. The molecule has 0 atom stereocenters. The van der Waals surface area contributed by atoms with E-state index in [4.69, 9.17) is 0 Å². The topological polar surface area (TPSA) is 64.3 Å². The molecule has 0 bridgehead atoms. The van der Waals surface area contributed by atoms with Crippen LogP contribution in [-0.4, -0.2) is 29.1 Å². The Morgan fingerprint density at radius 2 is 1.00 bits per heavy atom. The highest BCUT2D eigenvalue weighted by Crippen LogP contribution is 2.08. The van der Waals surface area contributed by atoms with Crippen molar-refractivity contribution in [3.63, 3.8) is 0 Å². The van der Waals surface area contributed by atoms with Crippen LogP contribution in [0.4, 0.5) is 0 Å². The molecule has 4 heterocycles. The number of rotatable bonds is 13. The molecule has 0 saturated carbocycles. The van der Waals surface area contributed by atoms with E-state index in [-0.39, 0.29) is 0 Å². The maximum atomic E-state index is 4.22. The van der Waals surface area contributed by atoms with Gasteiger partial charge in [0.25, 0.3) is 0 Å². The van der Waals surface area contributed by atoms with E-state index in [1.54, 1.807) is 6.33 Å². The van der Waals surface area contributed by atoms with Gasteiger partial charge in [-0.2, -0.15) is 0 Å². The van der Waals surface area contributed by atoms with Gasteiger partial charge in [0.15, 0.2) is 0 Å². The lowest BCUT2D eigenvalue weighted by Gasteiger charge is -2.04. The number of benzene rings is 2. The Balaban J connectivity index is 0.000000354. The first-order chi connectivity index (χ1) is 28.1. The van der Waals surface area contributed by atoms with Crippen LogP contribution in [0.25, 0.3) is 0 Å². The fraction of sp³-hybridized carbons (Fsp3) is 0.491. The molecule has 6 aromatic rings. The van der Waals surface area contributed by atoms with E-state index in [0.29, 0.717) is 17.8 Å². The van der Waals surface area contributed by atoms with E-state index >= 15 is 0 Å². The molecule has 1 N–H and O–H groups in total. The summed E-state index contributed by atoms with van der Waals surface area (Å²) in [6.45, 7) is 27.8. The van der Waals surface area contributed by atoms with Crippen LogP contribution >= 0.6 is 0 Å². The van der Waals surface area contributed by atoms with Gasteiger partial charge in [-0.3, -0.25) is 4.98 Å². The van der Waals surface area contributed by atoms with Gasteiger partial charge in [-0.05, 0) is 109 Å². The van der Waals surface area contributed by atoms with E-state index in [1.165, 1.54) is 47.5 Å². The zero-order valence-corrected chi connectivity index (χ0v) is 39.4. The minimum absolute atomic E-state index is 0.704. The summed E-state index contributed by atoms with van der Waals surface area (Å²) in [5, 5.41) is 0. The number of imidazole rings is 2. The average Bonchev–Trinajstić information content (AvgIpc) is 3.97. The third-order valence-electron chi connectivity index (χ3n) is 8.51. The van der Waals surface area contributed by atoms with Crippen molar-refractivity contribution in [1.29, 1.82) is 0 Å². The summed E-state index contributed by atoms with van der Waals surface area (Å²) in [6.07, 6.45) is 20.5. The molecule has 4 aromatic heterocycles. The van der Waals surface area contributed by atoms with Gasteiger partial charge in [0.05, 0.1) is 18.3 Å². The average molecular weight is 803 g/mol. The highest BCUT2D eigenvalue weighted by atomic mass is 15.0. The first-order valence-electron chi connectivity index (χ1n) is 22.1. The number of H-pyrrole nitrogens is 1. The Labute approximate surface area is 361 Å². The van der Waals surface area contributed by atoms with Crippen LogP contribution in [0.2, 0.25) is 0 Å². The van der Waals surface area contributed by atoms with Crippen molar-refractivity contribution in [2.75, 3.05) is 0 Å². The van der Waals surface area contributed by atoms with Crippen LogP contribution in [0.5, 0.6) is 0 Å². The van der Waals surface area contributed by atoms with E-state index in [1.807, 2.05) is 42.5 Å². The lowest BCUT2D eigenvalue weighted by Crippen LogP contribution is -1.97. The van der Waals surface area contributed by atoms with Crippen molar-refractivity contribution in [2.24, 2.45) is 42.6 Å². The van der Waals surface area contributed by atoms with E-state index in [9.17, 15) is 0 Å². The highest BCUT2D eigenvalue weighted by molar-refractivity contribution is 5.15. The quantitative estimate of drug-likeness (QED) is 0.126. The van der Waals surface area contributed by atoms with Crippen molar-refractivity contribution in [3.8, 4) is 0 Å². The summed E-state index contributed by atoms with van der Waals surface area (Å²) in [7, 11) is 2.00. The molecule has 0 fully saturated rings. The number of pyridine rings is 1. The van der Waals surface area contributed by atoms with Crippen LogP contribution in [0.3, 0.4) is 0 Å². The number of nitrogens with zero attached hydrogens (tertiary/aromatic N) is 5. The Morgan fingerprint density at radius 1 is 0.508 bits per heavy atom. The number of aromatic nitrogens is 6. The Kier molecular flexibility index (Phi) is 28.5. The zero-order valence-electron chi connectivity index (χ0n) is 39.4. The number of aromatic amines is 1. The Morgan fingerprint density at radius 3 is 1.39 bits per heavy atom. The molecule has 2 aromatic carbocycles. The number of hydrogen-bond acceptors (Lipinski definition) is 3. The highest BCUT2D eigenvalue weighted by Gasteiger charge is 2.00. The molecule has 0 unspecified atom stereocenters. The SMILES string of the molecule is CC(C)CCn1cccc1.CC(C)Cc1ccccc1.CC(C)Cc1ccccc1.CC(C)Cc1ccccn1.CC(C)Cc1cn(C)cn1.CC(C)Cc1cnc[nH]1. The molecule has 0 saturated heterocycles. The van der Waals surface area contributed by atoms with Gasteiger partial charge >= 0.3 is 0 Å². The summed E-state index contributed by atoms with van der Waals surface area (Å²) < 4.78 is 4.21. The first kappa shape index (κ1) is 52.3. The summed E-state index contributed by atoms with van der Waals surface area (Å²) in [4.78, 5) is 15.4. The normalized spacial score (nSPS) is 10.5. The van der Waals surface area contributed by atoms with Crippen LogP contribution in [0, 0.1) is 35.5 Å². The fourth-order valence-electron chi connectivity index (χ4n) is 5.86. The van der Waals surface area contributed by atoms with Gasteiger partial charge in [-0.15, -0.1) is 0 Å². The number of nitrogens with one attached hydrogen (secondary N) is 1. The van der Waals surface area contributed by atoms with Gasteiger partial charge in [-0.25, -0.2) is 9.97 Å². The zero-order chi connectivity index (χ0) is 43.8. The fourth-order valence-corrected chi connectivity index (χ4v) is 5.86. The smallest absolute Gasteiger partial charge is 0.0946 e. The largest absolute Gasteiger partial charge is 0.354 e. The van der Waals surface area contributed by atoms with Gasteiger partial charge in [-0.1, -0.05) is 150 Å². The molecule has 0 radical (unpaired) electrons. The molecule has 0 aliphatic heterocycles. The number of aryl methyl sites for hydroxylation is 2. The van der Waals surface area contributed by atoms with Gasteiger partial charge in [0, 0.05) is 56.0 Å². The molecule has 6 rings (SSSR count). The van der Waals surface area contributed by atoms with Crippen molar-refractivity contribution < 1.29 is 0 Å². The Hall–Kier alpha value is -4.71. The second-order valence-corrected chi connectivity index (χ2v) is 18.0. The lowest BCUT2D eigenvalue weighted by atomic mass is 10.0. The summed E-state index contributed by atoms with van der Waals surface area (Å²) in [5.74, 6) is 4.46. The standard InChI is InChI=1S/2C10H14.C9H15N.C9H13N.C8H14N2.C7H12N2/c2*1-9(2)8-10-6-4-3-5-7-10;1-9(2)5-8-10-6-3-4-7-10;1-8(2)7-9-5-3-4-6-10-9;1-7(2)4-8-5-10(3)6-9-8;1-6(2)3-7-4-8-5-9-7/h2*3-7,9H,8H2,1-2H3;3-4,6-7,9H,5,8H2,1-2H3;3-6,8H,7H2,1-2H3;5-7H,4H2,1-3H3;4-6H,3H2,1-2H3,(H,8,9). The molecule has 0 aliphatic carbocycles. The predicted molar refractivity (Wildman–Crippen MR) is 256 cm³/mol. The van der Waals surface area contributed by atoms with E-state index in [0.717, 1.165) is 43.6 Å². The van der Waals surface area contributed by atoms with Crippen LogP contribution < -0.4 is 0 Å². The van der Waals surface area contributed by atoms with Crippen molar-refractivity contribution in [3.05, 3.63) is 163 Å². The summed E-state index contributed by atoms with van der Waals surface area (Å²) in [6, 6.07) is 31.4. The molecular weight excluding hydrogens is 721 g/mol. The molecule has 6 heteroatoms. The lowest BCUT2D eigenvalue weighted by molar-refractivity contribution is 0.517. The minimum Gasteiger partial charge on any atom is -0.354 e. The molecular formula is C53H82N6. The van der Waals surface area contributed by atoms with E-state index < -0.39 is 0 Å². The number of hydrogen-bond donors (Lipinski definition) is 1. The molecule has 0 aliphatic rings. The summed E-state index contributed by atoms with van der Waals surface area (Å²) >= 11 is 0. The molecule has 324 valence electrons. The van der Waals surface area contributed by atoms with Gasteiger partial charge < -0.3 is 14.1 Å². The van der Waals surface area contributed by atoms with Gasteiger partial charge in [0.2, 0.25) is 0 Å². The second-order valence-electron chi connectivity index (χ2n) is 18.0. The maximum Gasteiger partial charge on any atom is 0.0946 e. The van der Waals surface area contributed by atoms with Gasteiger partial charge in [0.1, 0.15) is 0 Å². The van der Waals surface area contributed by atoms with Crippen LogP contribution in [0.15, 0.2) is 135 Å². The predicted octanol–water partition coefficient (Wildman–Crippen LogP) is 13.8. The van der Waals surface area contributed by atoms with Crippen molar-refractivity contribution in [1.82, 2.24) is 29.1 Å². The maximum absolute atomic E-state index is 4.22. The second kappa shape index (κ2) is 32.2. The summed E-state index contributed by atoms with van der Waals surface area (Å²) in [5.41, 5.74) is 6.50. The third-order valence-corrected chi connectivity index (χ3v) is 8.51. The first-order valence-corrected chi connectivity index (χ1v) is 22.1. The van der Waals surface area contributed by atoms with Crippen LogP contribution in [0.1, 0.15) is 118 Å². The minimum atomic E-state index is 0.704. The third kappa shape index (κ3) is 31.0. The Bertz CT molecular complexity index is 1630. The van der Waals surface area contributed by atoms with Crippen molar-refractivity contribution >= 4 is 0 Å². The molecule has 0 spiro atoms. The van der Waals surface area contributed by atoms with Crippen molar-refractivity contribution in [2.45, 2.75) is 128 Å². The van der Waals surface area contributed by atoms with E-state index in [2.05, 4.69) is 205 Å².